The summed E-state index contributed by atoms with van der Waals surface area (Å²) in [5.41, 5.74) is 3.60. The monoisotopic (exact) mass is 550 g/mol. The average molecular weight is 551 g/mol. The Kier molecular flexibility index (Phi) is 6.67. The number of fused-ring (bicyclic) bond motifs is 2. The molecular weight excluding hydrogens is 530 g/mol. The van der Waals surface area contributed by atoms with E-state index in [1.165, 1.54) is 11.3 Å². The summed E-state index contributed by atoms with van der Waals surface area (Å²) < 4.78 is 51.9. The van der Waals surface area contributed by atoms with Crippen molar-refractivity contribution in [3.05, 3.63) is 62.7 Å². The number of aryl methyl sites for hydroxylation is 1. The van der Waals surface area contributed by atoms with Gasteiger partial charge in [-0.1, -0.05) is 11.6 Å². The number of H-pyrrole nitrogens is 1. The van der Waals surface area contributed by atoms with Gasteiger partial charge in [0.25, 0.3) is 6.01 Å². The summed E-state index contributed by atoms with van der Waals surface area (Å²) in [6.07, 6.45) is -1.69. The highest BCUT2D eigenvalue weighted by molar-refractivity contribution is 7.07. The first-order valence-electron chi connectivity index (χ1n) is 11.6. The quantitative estimate of drug-likeness (QED) is 0.342. The van der Waals surface area contributed by atoms with Gasteiger partial charge in [0.2, 0.25) is 0 Å². The molecule has 2 aliphatic heterocycles. The van der Waals surface area contributed by atoms with Crippen LogP contribution in [0.3, 0.4) is 0 Å². The van der Waals surface area contributed by atoms with E-state index in [9.17, 15) is 13.9 Å². The van der Waals surface area contributed by atoms with Crippen molar-refractivity contribution in [2.45, 2.75) is 43.9 Å². The number of rotatable bonds is 8. The van der Waals surface area contributed by atoms with E-state index in [0.717, 1.165) is 12.1 Å². The summed E-state index contributed by atoms with van der Waals surface area (Å²) in [4.78, 5) is 15.9. The molecular formula is C24H21ClF2N4O5S. The van der Waals surface area contributed by atoms with Gasteiger partial charge in [-0.2, -0.15) is 4.98 Å². The number of hydrogen-bond acceptors (Lipinski definition) is 9. The fourth-order valence-electron chi connectivity index (χ4n) is 4.46. The first-order valence-corrected chi connectivity index (χ1v) is 12.9. The van der Waals surface area contributed by atoms with Gasteiger partial charge >= 0.3 is 0 Å². The normalized spacial score (nSPS) is 23.0. The standard InChI is InChI=1S/C24H21ClF2N4O5S/c25-14-5-18-23(31-24(30-18)36-20-8-35-21-19(32)7-34-22(20)21)29-17(14)2-1-13-15(26)3-12(4-16(13)27)33-6-11-9-37-10-28-11/h3-5,9-10,19-22,32H,1-2,6-8H2,(H,29,30,31)/t19-,20-,21-,22-/m1/s1. The molecule has 0 amide bonds. The van der Waals surface area contributed by atoms with Gasteiger partial charge in [0.15, 0.2) is 11.8 Å². The number of hydrogen-bond donors (Lipinski definition) is 2. The molecule has 2 N–H and O–H groups in total. The average Bonchev–Trinajstić information content (AvgIpc) is 3.65. The summed E-state index contributed by atoms with van der Waals surface area (Å²) in [5, 5.41) is 12.0. The Morgan fingerprint density at radius 1 is 1.11 bits per heavy atom. The third-order valence-electron chi connectivity index (χ3n) is 6.32. The van der Waals surface area contributed by atoms with E-state index in [0.29, 0.717) is 27.6 Å². The van der Waals surface area contributed by atoms with Crippen LogP contribution in [0.2, 0.25) is 5.02 Å². The summed E-state index contributed by atoms with van der Waals surface area (Å²) in [5.74, 6) is -1.33. The van der Waals surface area contributed by atoms with E-state index in [-0.39, 0.29) is 56.1 Å². The second-order valence-corrected chi connectivity index (χ2v) is 9.91. The van der Waals surface area contributed by atoms with Crippen LogP contribution in [0.4, 0.5) is 8.78 Å². The van der Waals surface area contributed by atoms with Gasteiger partial charge in [-0.25, -0.2) is 18.7 Å². The number of nitrogens with one attached hydrogen (secondary N) is 1. The molecule has 4 atom stereocenters. The topological polar surface area (TPSA) is 112 Å². The van der Waals surface area contributed by atoms with Crippen molar-refractivity contribution < 1.29 is 32.8 Å². The number of aromatic nitrogens is 4. The van der Waals surface area contributed by atoms with Crippen LogP contribution in [0.1, 0.15) is 17.0 Å². The molecule has 0 saturated carbocycles. The number of halogens is 3. The number of nitrogens with zero attached hydrogens (tertiary/aromatic N) is 3. The van der Waals surface area contributed by atoms with E-state index in [1.807, 2.05) is 0 Å². The number of aliphatic hydroxyl groups excluding tert-OH is 1. The van der Waals surface area contributed by atoms with E-state index in [2.05, 4.69) is 19.9 Å². The van der Waals surface area contributed by atoms with Crippen LogP contribution in [0.5, 0.6) is 11.8 Å². The van der Waals surface area contributed by atoms with Gasteiger partial charge in [0.1, 0.15) is 42.3 Å². The molecule has 0 unspecified atom stereocenters. The Bertz CT molecular complexity index is 1400. The first kappa shape index (κ1) is 24.4. The van der Waals surface area contributed by atoms with Gasteiger partial charge in [-0.05, 0) is 18.9 Å². The lowest BCUT2D eigenvalue weighted by Crippen LogP contribution is -2.34. The van der Waals surface area contributed by atoms with Crippen molar-refractivity contribution in [1.82, 2.24) is 19.9 Å². The minimum atomic E-state index is -0.711. The Labute approximate surface area is 218 Å². The van der Waals surface area contributed by atoms with Gasteiger partial charge in [-0.15, -0.1) is 11.3 Å². The smallest absolute Gasteiger partial charge is 0.296 e. The lowest BCUT2D eigenvalue weighted by Gasteiger charge is -2.15. The van der Waals surface area contributed by atoms with Crippen LogP contribution in [-0.2, 0) is 28.9 Å². The molecule has 1 aromatic carbocycles. The molecule has 194 valence electrons. The van der Waals surface area contributed by atoms with E-state index in [1.54, 1.807) is 17.0 Å². The zero-order valence-corrected chi connectivity index (χ0v) is 20.8. The molecule has 0 spiro atoms. The highest BCUT2D eigenvalue weighted by Gasteiger charge is 2.48. The maximum Gasteiger partial charge on any atom is 0.296 e. The second-order valence-electron chi connectivity index (χ2n) is 8.78. The number of thiazole rings is 1. The second kappa shape index (κ2) is 10.1. The van der Waals surface area contributed by atoms with Crippen molar-refractivity contribution in [3.63, 3.8) is 0 Å². The molecule has 2 saturated heterocycles. The Hall–Kier alpha value is -2.90. The fraction of sp³-hybridized carbons (Fsp3) is 0.375. The molecule has 4 aromatic rings. The lowest BCUT2D eigenvalue weighted by molar-refractivity contribution is 0.00706. The highest BCUT2D eigenvalue weighted by Crippen LogP contribution is 2.31. The first-order chi connectivity index (χ1) is 17.9. The van der Waals surface area contributed by atoms with E-state index < -0.39 is 29.9 Å². The number of ether oxygens (including phenoxy) is 4. The summed E-state index contributed by atoms with van der Waals surface area (Å²) >= 11 is 7.81. The molecule has 5 heterocycles. The molecule has 6 rings (SSSR count). The number of pyridine rings is 1. The maximum atomic E-state index is 14.7. The number of aromatic amines is 1. The highest BCUT2D eigenvalue weighted by atomic mass is 35.5. The zero-order chi connectivity index (χ0) is 25.5. The van der Waals surface area contributed by atoms with Gasteiger partial charge < -0.3 is 29.0 Å². The largest absolute Gasteiger partial charge is 0.487 e. The molecule has 3 aromatic heterocycles. The molecule has 2 fully saturated rings. The predicted molar refractivity (Wildman–Crippen MR) is 129 cm³/mol. The summed E-state index contributed by atoms with van der Waals surface area (Å²) in [6.45, 7) is 0.578. The van der Waals surface area contributed by atoms with Crippen LogP contribution in [-0.4, -0.2) is 62.7 Å². The van der Waals surface area contributed by atoms with E-state index in [4.69, 9.17) is 30.5 Å². The lowest BCUT2D eigenvalue weighted by atomic mass is 10.1. The number of imidazole rings is 1. The molecule has 37 heavy (non-hydrogen) atoms. The van der Waals surface area contributed by atoms with Crippen molar-refractivity contribution in [3.8, 4) is 11.8 Å². The molecule has 0 aliphatic carbocycles. The molecule has 13 heteroatoms. The third-order valence-corrected chi connectivity index (χ3v) is 7.28. The van der Waals surface area contributed by atoms with Gasteiger partial charge in [0.05, 0.1) is 40.7 Å². The number of aliphatic hydroxyl groups is 1. The molecule has 9 nitrogen and oxygen atoms in total. The summed E-state index contributed by atoms with van der Waals surface area (Å²) in [6, 6.07) is 4.17. The fourth-order valence-corrected chi connectivity index (χ4v) is 5.25. The predicted octanol–water partition coefficient (Wildman–Crippen LogP) is 3.62. The van der Waals surface area contributed by atoms with Crippen molar-refractivity contribution in [2.24, 2.45) is 0 Å². The van der Waals surface area contributed by atoms with Crippen LogP contribution in [0.15, 0.2) is 29.1 Å². The van der Waals surface area contributed by atoms with Crippen LogP contribution >= 0.6 is 22.9 Å². The minimum Gasteiger partial charge on any atom is -0.487 e. The van der Waals surface area contributed by atoms with Crippen LogP contribution < -0.4 is 9.47 Å². The number of benzene rings is 1. The van der Waals surface area contributed by atoms with Crippen molar-refractivity contribution >= 4 is 34.1 Å². The van der Waals surface area contributed by atoms with Crippen molar-refractivity contribution in [2.75, 3.05) is 13.2 Å². The minimum absolute atomic E-state index is 0.0399. The van der Waals surface area contributed by atoms with Crippen molar-refractivity contribution in [1.29, 1.82) is 0 Å². The Morgan fingerprint density at radius 3 is 2.70 bits per heavy atom. The summed E-state index contributed by atoms with van der Waals surface area (Å²) in [7, 11) is 0. The molecule has 2 aliphatic rings. The molecule has 0 radical (unpaired) electrons. The van der Waals surface area contributed by atoms with E-state index >= 15 is 0 Å². The Morgan fingerprint density at radius 2 is 1.92 bits per heavy atom. The third kappa shape index (κ3) is 4.99. The van der Waals surface area contributed by atoms with Crippen LogP contribution in [0, 0.1) is 11.6 Å². The Balaban J connectivity index is 1.13. The SMILES string of the molecule is O[C@@H]1CO[C@H]2[C@@H]1OC[C@H]2Oc1nc2nc(CCc3c(F)cc(OCc4cscn4)cc3F)c(Cl)cc2[nH]1. The van der Waals surface area contributed by atoms with Gasteiger partial charge in [-0.3, -0.25) is 0 Å². The van der Waals surface area contributed by atoms with Crippen LogP contribution in [0.25, 0.3) is 11.2 Å². The zero-order valence-electron chi connectivity index (χ0n) is 19.2. The molecule has 0 bridgehead atoms. The maximum absolute atomic E-state index is 14.7. The van der Waals surface area contributed by atoms with Gasteiger partial charge in [0, 0.05) is 23.1 Å².